The first-order valence-electron chi connectivity index (χ1n) is 6.27. The fourth-order valence-corrected chi connectivity index (χ4v) is 1.89. The number of benzene rings is 2. The number of nitrogens with one attached hydrogen (secondary N) is 1. The second kappa shape index (κ2) is 6.83. The predicted molar refractivity (Wildman–Crippen MR) is 79.9 cm³/mol. The highest BCUT2D eigenvalue weighted by Crippen LogP contribution is 2.16. The topological polar surface area (TPSA) is 70.0 Å². The van der Waals surface area contributed by atoms with Crippen molar-refractivity contribution in [2.45, 2.75) is 0 Å². The average Bonchev–Trinajstić information content (AvgIpc) is 2.51. The molecular formula is C16H10ClFN2O2. The standard InChI is InChI=1S/C16H10ClFN2O2/c17-11-3-7-13(8-4-11)20-16(22)14(9-19)15(21)10-1-5-12(18)6-2-10/h1-8,14H,(H,20,22). The first kappa shape index (κ1) is 15.7. The number of hydrogen-bond acceptors (Lipinski definition) is 3. The number of rotatable bonds is 4. The van der Waals surface area contributed by atoms with Gasteiger partial charge in [0.2, 0.25) is 5.91 Å². The summed E-state index contributed by atoms with van der Waals surface area (Å²) in [5, 5.41) is 12.0. The van der Waals surface area contributed by atoms with Crippen LogP contribution in [0.3, 0.4) is 0 Å². The molecule has 2 aromatic carbocycles. The van der Waals surface area contributed by atoms with E-state index in [1.807, 2.05) is 0 Å². The number of ketones is 1. The minimum absolute atomic E-state index is 0.0965. The van der Waals surface area contributed by atoms with E-state index in [9.17, 15) is 14.0 Å². The Bertz CT molecular complexity index is 736. The highest BCUT2D eigenvalue weighted by molar-refractivity contribution is 6.30. The van der Waals surface area contributed by atoms with Crippen LogP contribution in [-0.2, 0) is 4.79 Å². The monoisotopic (exact) mass is 316 g/mol. The fraction of sp³-hybridized carbons (Fsp3) is 0.0625. The molecule has 1 atom stereocenters. The van der Waals surface area contributed by atoms with Gasteiger partial charge in [0.25, 0.3) is 0 Å². The number of carbonyl (C=O) groups is 2. The van der Waals surface area contributed by atoms with E-state index >= 15 is 0 Å². The van der Waals surface area contributed by atoms with Crippen LogP contribution in [0, 0.1) is 23.1 Å². The van der Waals surface area contributed by atoms with Gasteiger partial charge in [-0.3, -0.25) is 9.59 Å². The van der Waals surface area contributed by atoms with Crippen molar-refractivity contribution in [2.24, 2.45) is 5.92 Å². The highest BCUT2D eigenvalue weighted by atomic mass is 35.5. The molecule has 0 saturated heterocycles. The minimum atomic E-state index is -1.51. The van der Waals surface area contributed by atoms with Crippen molar-refractivity contribution < 1.29 is 14.0 Å². The summed E-state index contributed by atoms with van der Waals surface area (Å²) >= 11 is 5.73. The van der Waals surface area contributed by atoms with Crippen molar-refractivity contribution in [3.8, 4) is 6.07 Å². The summed E-state index contributed by atoms with van der Waals surface area (Å²) in [4.78, 5) is 24.2. The molecule has 1 unspecified atom stereocenters. The summed E-state index contributed by atoms with van der Waals surface area (Å²) in [5.41, 5.74) is 0.515. The van der Waals surface area contributed by atoms with Crippen LogP contribution in [0.5, 0.6) is 0 Å². The molecule has 110 valence electrons. The zero-order chi connectivity index (χ0) is 16.1. The number of nitrogens with zero attached hydrogens (tertiary/aromatic N) is 1. The van der Waals surface area contributed by atoms with Gasteiger partial charge in [0.05, 0.1) is 6.07 Å². The van der Waals surface area contributed by atoms with Gasteiger partial charge < -0.3 is 5.32 Å². The van der Waals surface area contributed by atoms with Crippen LogP contribution in [0.25, 0.3) is 0 Å². The molecule has 0 aliphatic carbocycles. The van der Waals surface area contributed by atoms with E-state index in [1.54, 1.807) is 30.3 Å². The van der Waals surface area contributed by atoms with E-state index < -0.39 is 23.4 Å². The third-order valence-corrected chi connectivity index (χ3v) is 3.15. The van der Waals surface area contributed by atoms with Crippen molar-refractivity contribution in [3.05, 3.63) is 64.9 Å². The molecule has 0 heterocycles. The number of hydrogen-bond donors (Lipinski definition) is 1. The van der Waals surface area contributed by atoms with Crippen LogP contribution < -0.4 is 5.32 Å². The predicted octanol–water partition coefficient (Wildman–Crippen LogP) is 3.44. The van der Waals surface area contributed by atoms with Crippen LogP contribution >= 0.6 is 11.6 Å². The highest BCUT2D eigenvalue weighted by Gasteiger charge is 2.27. The van der Waals surface area contributed by atoms with Gasteiger partial charge in [-0.1, -0.05) is 11.6 Å². The lowest BCUT2D eigenvalue weighted by molar-refractivity contribution is -0.117. The molecule has 6 heteroatoms. The second-order valence-electron chi connectivity index (χ2n) is 4.43. The molecule has 0 fully saturated rings. The maximum Gasteiger partial charge on any atom is 0.249 e. The Morgan fingerprint density at radius 2 is 1.68 bits per heavy atom. The lowest BCUT2D eigenvalue weighted by Gasteiger charge is -2.09. The summed E-state index contributed by atoms with van der Waals surface area (Å²) < 4.78 is 12.8. The van der Waals surface area contributed by atoms with E-state index in [0.717, 1.165) is 12.1 Å². The first-order valence-corrected chi connectivity index (χ1v) is 6.65. The van der Waals surface area contributed by atoms with Crippen LogP contribution in [0.2, 0.25) is 5.02 Å². The lowest BCUT2D eigenvalue weighted by atomic mass is 9.98. The smallest absolute Gasteiger partial charge is 0.249 e. The Morgan fingerprint density at radius 1 is 1.09 bits per heavy atom. The molecule has 0 spiro atoms. The van der Waals surface area contributed by atoms with Crippen molar-refractivity contribution in [1.29, 1.82) is 5.26 Å². The number of halogens is 2. The molecule has 0 bridgehead atoms. The lowest BCUT2D eigenvalue weighted by Crippen LogP contribution is -2.28. The summed E-state index contributed by atoms with van der Waals surface area (Å²) in [7, 11) is 0. The molecule has 0 aliphatic heterocycles. The Morgan fingerprint density at radius 3 is 2.23 bits per heavy atom. The maximum absolute atomic E-state index is 12.8. The summed E-state index contributed by atoms with van der Waals surface area (Å²) in [5.74, 6) is -3.45. The van der Waals surface area contributed by atoms with E-state index in [-0.39, 0.29) is 5.56 Å². The van der Waals surface area contributed by atoms with Crippen LogP contribution in [0.4, 0.5) is 10.1 Å². The zero-order valence-corrected chi connectivity index (χ0v) is 12.0. The van der Waals surface area contributed by atoms with Gasteiger partial charge in [-0.2, -0.15) is 5.26 Å². The van der Waals surface area contributed by atoms with E-state index in [0.29, 0.717) is 10.7 Å². The van der Waals surface area contributed by atoms with Gasteiger partial charge in [0.15, 0.2) is 11.7 Å². The van der Waals surface area contributed by atoms with E-state index in [2.05, 4.69) is 5.32 Å². The fourth-order valence-electron chi connectivity index (χ4n) is 1.76. The van der Waals surface area contributed by atoms with Crippen LogP contribution in [0.1, 0.15) is 10.4 Å². The largest absolute Gasteiger partial charge is 0.325 e. The number of Topliss-reactive ketones (excluding diaryl/α,β-unsaturated/α-hetero) is 1. The summed E-state index contributed by atoms with van der Waals surface area (Å²) in [6.07, 6.45) is 0. The minimum Gasteiger partial charge on any atom is -0.325 e. The average molecular weight is 317 g/mol. The zero-order valence-electron chi connectivity index (χ0n) is 11.2. The van der Waals surface area contributed by atoms with Crippen molar-refractivity contribution >= 4 is 29.0 Å². The molecule has 2 aromatic rings. The number of nitriles is 1. The molecule has 4 nitrogen and oxygen atoms in total. The van der Waals surface area contributed by atoms with E-state index in [4.69, 9.17) is 16.9 Å². The van der Waals surface area contributed by atoms with Crippen molar-refractivity contribution in [1.82, 2.24) is 0 Å². The molecule has 0 radical (unpaired) electrons. The van der Waals surface area contributed by atoms with Gasteiger partial charge in [0.1, 0.15) is 5.82 Å². The number of amides is 1. The van der Waals surface area contributed by atoms with E-state index in [1.165, 1.54) is 12.1 Å². The molecule has 0 aliphatic rings. The quantitative estimate of drug-likeness (QED) is 0.694. The molecule has 1 N–H and O–H groups in total. The van der Waals surface area contributed by atoms with Gasteiger partial charge >= 0.3 is 0 Å². The SMILES string of the molecule is N#CC(C(=O)Nc1ccc(Cl)cc1)C(=O)c1ccc(F)cc1. The number of anilines is 1. The number of carbonyl (C=O) groups excluding carboxylic acids is 2. The third-order valence-electron chi connectivity index (χ3n) is 2.89. The molecule has 0 aromatic heterocycles. The normalized spacial score (nSPS) is 11.3. The van der Waals surface area contributed by atoms with Crippen molar-refractivity contribution in [2.75, 3.05) is 5.32 Å². The second-order valence-corrected chi connectivity index (χ2v) is 4.87. The molecule has 0 saturated carbocycles. The Balaban J connectivity index is 2.15. The van der Waals surface area contributed by atoms with Gasteiger partial charge in [-0.25, -0.2) is 4.39 Å². The first-order chi connectivity index (χ1) is 10.5. The van der Waals surface area contributed by atoms with Gasteiger partial charge in [0, 0.05) is 16.3 Å². The maximum atomic E-state index is 12.8. The Kier molecular flexibility index (Phi) is 4.87. The van der Waals surface area contributed by atoms with Gasteiger partial charge in [-0.15, -0.1) is 0 Å². The molecular weight excluding hydrogens is 307 g/mol. The van der Waals surface area contributed by atoms with Crippen LogP contribution in [0.15, 0.2) is 48.5 Å². The summed E-state index contributed by atoms with van der Waals surface area (Å²) in [6.45, 7) is 0. The third kappa shape index (κ3) is 3.68. The summed E-state index contributed by atoms with van der Waals surface area (Å²) in [6, 6.07) is 12.6. The molecule has 2 rings (SSSR count). The van der Waals surface area contributed by atoms with Gasteiger partial charge in [-0.05, 0) is 48.5 Å². The molecule has 22 heavy (non-hydrogen) atoms. The van der Waals surface area contributed by atoms with Crippen LogP contribution in [-0.4, -0.2) is 11.7 Å². The Labute approximate surface area is 131 Å². The Hall–Kier alpha value is -2.71. The van der Waals surface area contributed by atoms with Crippen molar-refractivity contribution in [3.63, 3.8) is 0 Å². The molecule has 1 amide bonds.